The molecule has 1 aliphatic carbocycles. The molecule has 0 saturated heterocycles. The van der Waals surface area contributed by atoms with Crippen LogP contribution in [0.25, 0.3) is 0 Å². The first kappa shape index (κ1) is 15.9. The Kier molecular flexibility index (Phi) is 14.2. The maximum atomic E-state index is 2.36. The third kappa shape index (κ3) is 8.10. The van der Waals surface area contributed by atoms with Gasteiger partial charge in [-0.15, -0.1) is 0 Å². The monoisotopic (exact) mass is 196 g/mol. The number of hydrogen-bond acceptors (Lipinski definition) is 0. The van der Waals surface area contributed by atoms with Gasteiger partial charge in [-0.05, 0) is 25.2 Å². The molecule has 0 heterocycles. The van der Waals surface area contributed by atoms with Gasteiger partial charge < -0.3 is 0 Å². The summed E-state index contributed by atoms with van der Waals surface area (Å²) >= 11 is 0. The highest BCUT2D eigenvalue weighted by Gasteiger charge is 1.99. The van der Waals surface area contributed by atoms with E-state index < -0.39 is 0 Å². The minimum Gasteiger partial charge on any atom is -0.0814 e. The van der Waals surface area contributed by atoms with Gasteiger partial charge in [-0.2, -0.15) is 0 Å². The Morgan fingerprint density at radius 1 is 1.21 bits per heavy atom. The summed E-state index contributed by atoms with van der Waals surface area (Å²) in [6, 6.07) is 0. The Morgan fingerprint density at radius 3 is 2.29 bits per heavy atom. The highest BCUT2D eigenvalue weighted by molar-refractivity contribution is 5.20. The van der Waals surface area contributed by atoms with Crippen LogP contribution >= 0.6 is 0 Å². The summed E-state index contributed by atoms with van der Waals surface area (Å²) in [6.07, 6.45) is 10.7. The number of allylic oxidation sites excluding steroid dienone is 4. The van der Waals surface area contributed by atoms with Crippen LogP contribution < -0.4 is 0 Å². The molecule has 0 bridgehead atoms. The normalized spacial score (nSPS) is 19.3. The minimum atomic E-state index is 0.778. The third-order valence-electron chi connectivity index (χ3n) is 2.08. The fourth-order valence-electron chi connectivity index (χ4n) is 1.25. The Morgan fingerprint density at radius 2 is 1.79 bits per heavy atom. The molecule has 1 aliphatic rings. The predicted octanol–water partition coefficient (Wildman–Crippen LogP) is 5.36. The summed E-state index contributed by atoms with van der Waals surface area (Å²) < 4.78 is 0. The zero-order valence-electron chi connectivity index (χ0n) is 10.9. The van der Waals surface area contributed by atoms with Crippen LogP contribution in [0, 0.1) is 5.92 Å². The maximum Gasteiger partial charge on any atom is -0.0256 e. The first-order valence-corrected chi connectivity index (χ1v) is 6.20. The molecule has 0 aromatic rings. The first-order valence-electron chi connectivity index (χ1n) is 6.20. The second-order valence-corrected chi connectivity index (χ2v) is 3.05. The van der Waals surface area contributed by atoms with Crippen LogP contribution in [0.1, 0.15) is 60.8 Å². The van der Waals surface area contributed by atoms with Crippen molar-refractivity contribution in [3.8, 4) is 0 Å². The van der Waals surface area contributed by atoms with Gasteiger partial charge in [0.1, 0.15) is 0 Å². The maximum absolute atomic E-state index is 2.36. The van der Waals surface area contributed by atoms with E-state index in [0.717, 1.165) is 5.92 Å². The van der Waals surface area contributed by atoms with E-state index in [1.54, 1.807) is 0 Å². The summed E-state index contributed by atoms with van der Waals surface area (Å²) in [7, 11) is 0. The van der Waals surface area contributed by atoms with Crippen LogP contribution in [0.5, 0.6) is 0 Å². The molecule has 0 aliphatic heterocycles. The predicted molar refractivity (Wildman–Crippen MR) is 68.6 cm³/mol. The van der Waals surface area contributed by atoms with E-state index in [0.29, 0.717) is 0 Å². The molecule has 84 valence electrons. The van der Waals surface area contributed by atoms with Crippen molar-refractivity contribution in [3.63, 3.8) is 0 Å². The van der Waals surface area contributed by atoms with Crippen LogP contribution in [0.3, 0.4) is 0 Å². The van der Waals surface area contributed by atoms with Gasteiger partial charge in [0.2, 0.25) is 0 Å². The minimum absolute atomic E-state index is 0.778. The highest BCUT2D eigenvalue weighted by Crippen LogP contribution is 2.16. The first-order chi connectivity index (χ1) is 6.83. The van der Waals surface area contributed by atoms with Gasteiger partial charge in [0.05, 0.1) is 0 Å². The topological polar surface area (TPSA) is 0 Å². The Bertz CT molecular complexity index is 151. The molecule has 1 unspecified atom stereocenters. The van der Waals surface area contributed by atoms with E-state index in [9.17, 15) is 0 Å². The van der Waals surface area contributed by atoms with Gasteiger partial charge in [0.25, 0.3) is 0 Å². The molecule has 14 heavy (non-hydrogen) atoms. The van der Waals surface area contributed by atoms with Gasteiger partial charge in [-0.25, -0.2) is 0 Å². The van der Waals surface area contributed by atoms with Crippen molar-refractivity contribution in [3.05, 3.63) is 23.8 Å². The van der Waals surface area contributed by atoms with Crippen molar-refractivity contribution >= 4 is 0 Å². The van der Waals surface area contributed by atoms with Crippen LogP contribution in [0.15, 0.2) is 23.8 Å². The van der Waals surface area contributed by atoms with Crippen molar-refractivity contribution in [1.29, 1.82) is 0 Å². The summed E-state index contributed by atoms with van der Waals surface area (Å²) in [4.78, 5) is 0. The van der Waals surface area contributed by atoms with Crippen molar-refractivity contribution in [2.24, 2.45) is 5.92 Å². The fraction of sp³-hybridized carbons (Fsp3) is 0.714. The molecule has 0 saturated carbocycles. The third-order valence-corrected chi connectivity index (χ3v) is 2.08. The molecule has 0 aromatic heterocycles. The Hall–Kier alpha value is -0.520. The second-order valence-electron chi connectivity index (χ2n) is 3.05. The fourth-order valence-corrected chi connectivity index (χ4v) is 1.25. The lowest BCUT2D eigenvalue weighted by atomic mass is 10.1. The standard InChI is InChI=1S/C10H16.2C2H6/c1-3-10-6-4-5-9(2)7-8-10;2*1-2/h6-9H,3-5H2,1-2H3;2*1-2H3. The molecule has 0 amide bonds. The van der Waals surface area contributed by atoms with Crippen molar-refractivity contribution in [2.75, 3.05) is 0 Å². The molecular formula is C14H28. The van der Waals surface area contributed by atoms with Gasteiger partial charge >= 0.3 is 0 Å². The van der Waals surface area contributed by atoms with E-state index in [-0.39, 0.29) is 0 Å². The number of rotatable bonds is 1. The molecule has 0 heteroatoms. The lowest BCUT2D eigenvalue weighted by Gasteiger charge is -1.98. The number of hydrogen-bond donors (Lipinski definition) is 0. The van der Waals surface area contributed by atoms with Gasteiger partial charge in [-0.3, -0.25) is 0 Å². The van der Waals surface area contributed by atoms with E-state index in [2.05, 4.69) is 32.1 Å². The second kappa shape index (κ2) is 12.5. The lowest BCUT2D eigenvalue weighted by molar-refractivity contribution is 0.662. The van der Waals surface area contributed by atoms with Crippen LogP contribution in [-0.4, -0.2) is 0 Å². The van der Waals surface area contributed by atoms with Gasteiger partial charge in [0.15, 0.2) is 0 Å². The quantitative estimate of drug-likeness (QED) is 0.529. The van der Waals surface area contributed by atoms with E-state index in [1.807, 2.05) is 27.7 Å². The largest absolute Gasteiger partial charge is 0.0814 e. The molecule has 0 nitrogen and oxygen atoms in total. The van der Waals surface area contributed by atoms with E-state index in [4.69, 9.17) is 0 Å². The summed E-state index contributed by atoms with van der Waals surface area (Å²) in [6.45, 7) is 12.5. The molecule has 0 spiro atoms. The Labute approximate surface area is 91.1 Å². The average Bonchev–Trinajstić information content (AvgIpc) is 2.48. The van der Waals surface area contributed by atoms with Crippen molar-refractivity contribution in [1.82, 2.24) is 0 Å². The van der Waals surface area contributed by atoms with Gasteiger partial charge in [0, 0.05) is 0 Å². The summed E-state index contributed by atoms with van der Waals surface area (Å²) in [5.41, 5.74) is 1.50. The van der Waals surface area contributed by atoms with Crippen LogP contribution in [0.2, 0.25) is 0 Å². The highest BCUT2D eigenvalue weighted by atomic mass is 14.1. The van der Waals surface area contributed by atoms with E-state index >= 15 is 0 Å². The average molecular weight is 196 g/mol. The zero-order chi connectivity index (χ0) is 11.4. The van der Waals surface area contributed by atoms with Crippen LogP contribution in [-0.2, 0) is 0 Å². The molecule has 0 N–H and O–H groups in total. The summed E-state index contributed by atoms with van der Waals surface area (Å²) in [5.74, 6) is 0.778. The Balaban J connectivity index is 0. The SMILES string of the molecule is CC.CC.CCC1=CCCC(C)C=C1. The van der Waals surface area contributed by atoms with Crippen molar-refractivity contribution < 1.29 is 0 Å². The molecule has 1 atom stereocenters. The smallest absolute Gasteiger partial charge is 0.0256 e. The summed E-state index contributed by atoms with van der Waals surface area (Å²) in [5, 5.41) is 0. The lowest BCUT2D eigenvalue weighted by Crippen LogP contribution is -1.84. The van der Waals surface area contributed by atoms with E-state index in [1.165, 1.54) is 24.8 Å². The molecule has 0 fully saturated rings. The molecular weight excluding hydrogens is 168 g/mol. The molecule has 0 aromatic carbocycles. The molecule has 1 rings (SSSR count). The zero-order valence-corrected chi connectivity index (χ0v) is 10.9. The van der Waals surface area contributed by atoms with Crippen molar-refractivity contribution in [2.45, 2.75) is 60.8 Å². The van der Waals surface area contributed by atoms with Gasteiger partial charge in [-0.1, -0.05) is 65.3 Å². The van der Waals surface area contributed by atoms with Crippen LogP contribution in [0.4, 0.5) is 0 Å². The molecule has 0 radical (unpaired) electrons.